The van der Waals surface area contributed by atoms with Crippen molar-refractivity contribution < 1.29 is 9.59 Å². The monoisotopic (exact) mass is 382 g/mol. The summed E-state index contributed by atoms with van der Waals surface area (Å²) in [6, 6.07) is 13.8. The summed E-state index contributed by atoms with van der Waals surface area (Å²) < 4.78 is 1.66. The molecule has 0 radical (unpaired) electrons. The Labute approximate surface area is 159 Å². The van der Waals surface area contributed by atoms with Crippen LogP contribution in [0.1, 0.15) is 22.3 Å². The van der Waals surface area contributed by atoms with Gasteiger partial charge in [-0.25, -0.2) is 0 Å². The largest absolute Gasteiger partial charge is 0.366 e. The molecule has 0 fully saturated rings. The molecule has 2 amide bonds. The van der Waals surface area contributed by atoms with E-state index in [1.165, 1.54) is 4.57 Å². The van der Waals surface area contributed by atoms with E-state index in [1.807, 2.05) is 6.07 Å². The third kappa shape index (κ3) is 4.29. The highest BCUT2D eigenvalue weighted by atomic mass is 32.1. The molecule has 27 heavy (non-hydrogen) atoms. The van der Waals surface area contributed by atoms with Gasteiger partial charge in [0.25, 0.3) is 5.56 Å². The number of carbonyl (C=O) groups is 2. The quantitative estimate of drug-likeness (QED) is 0.565. The number of fused-ring (bicyclic) bond motifs is 1. The van der Waals surface area contributed by atoms with Crippen molar-refractivity contribution in [3.05, 3.63) is 74.8 Å². The molecule has 138 valence electrons. The fourth-order valence-corrected chi connectivity index (χ4v) is 3.02. The maximum Gasteiger partial charge on any atom is 0.262 e. The summed E-state index contributed by atoms with van der Waals surface area (Å²) in [5, 5.41) is 3.28. The molecule has 0 spiro atoms. The Morgan fingerprint density at radius 1 is 1.15 bits per heavy atom. The van der Waals surface area contributed by atoms with Crippen LogP contribution in [0, 0.1) is 4.77 Å². The number of rotatable bonds is 6. The topological polar surface area (TPSA) is 110 Å². The van der Waals surface area contributed by atoms with Gasteiger partial charge in [0, 0.05) is 25.1 Å². The zero-order valence-corrected chi connectivity index (χ0v) is 15.2. The summed E-state index contributed by atoms with van der Waals surface area (Å²) in [7, 11) is 0. The van der Waals surface area contributed by atoms with Crippen molar-refractivity contribution in [2.45, 2.75) is 19.5 Å². The van der Waals surface area contributed by atoms with E-state index >= 15 is 0 Å². The van der Waals surface area contributed by atoms with Gasteiger partial charge in [0.2, 0.25) is 11.8 Å². The minimum absolute atomic E-state index is 0.102. The van der Waals surface area contributed by atoms with E-state index in [0.717, 1.165) is 5.56 Å². The van der Waals surface area contributed by atoms with Crippen LogP contribution in [0.15, 0.2) is 53.3 Å². The number of benzene rings is 2. The van der Waals surface area contributed by atoms with Gasteiger partial charge in [0.05, 0.1) is 10.9 Å². The first-order chi connectivity index (χ1) is 13.0. The lowest BCUT2D eigenvalue weighted by atomic mass is 10.1. The number of aromatic nitrogens is 2. The van der Waals surface area contributed by atoms with Gasteiger partial charge in [-0.3, -0.25) is 19.0 Å². The number of nitrogens with two attached hydrogens (primary N) is 1. The molecule has 3 aromatic rings. The van der Waals surface area contributed by atoms with Crippen LogP contribution in [0.4, 0.5) is 0 Å². The average Bonchev–Trinajstić information content (AvgIpc) is 2.66. The van der Waals surface area contributed by atoms with Crippen LogP contribution in [-0.2, 0) is 17.9 Å². The second-order valence-corrected chi connectivity index (χ2v) is 6.41. The number of nitrogens with one attached hydrogen (secondary N) is 2. The third-order valence-electron chi connectivity index (χ3n) is 4.15. The number of aromatic amines is 1. The van der Waals surface area contributed by atoms with Crippen LogP contribution in [0.25, 0.3) is 10.9 Å². The van der Waals surface area contributed by atoms with Crippen molar-refractivity contribution in [1.29, 1.82) is 0 Å². The number of para-hydroxylation sites is 1. The predicted octanol–water partition coefficient (Wildman–Crippen LogP) is 1.86. The average molecular weight is 382 g/mol. The van der Waals surface area contributed by atoms with Gasteiger partial charge in [0.1, 0.15) is 0 Å². The molecular weight excluding hydrogens is 364 g/mol. The summed E-state index contributed by atoms with van der Waals surface area (Å²) in [6.45, 7) is 0.436. The Morgan fingerprint density at radius 2 is 1.93 bits per heavy atom. The molecule has 7 nitrogen and oxygen atoms in total. The van der Waals surface area contributed by atoms with Gasteiger partial charge in [-0.1, -0.05) is 24.3 Å². The van der Waals surface area contributed by atoms with E-state index in [1.54, 1.807) is 42.5 Å². The van der Waals surface area contributed by atoms with Crippen molar-refractivity contribution in [3.8, 4) is 0 Å². The second-order valence-electron chi connectivity index (χ2n) is 6.02. The highest BCUT2D eigenvalue weighted by molar-refractivity contribution is 7.71. The van der Waals surface area contributed by atoms with Crippen LogP contribution in [0.3, 0.4) is 0 Å². The number of hydrogen-bond acceptors (Lipinski definition) is 4. The number of hydrogen-bond donors (Lipinski definition) is 3. The lowest BCUT2D eigenvalue weighted by Gasteiger charge is -2.09. The number of primary amides is 1. The Hall–Kier alpha value is -3.26. The summed E-state index contributed by atoms with van der Waals surface area (Å²) in [6.07, 6.45) is 0.102. The molecule has 0 unspecified atom stereocenters. The Bertz CT molecular complexity index is 1130. The van der Waals surface area contributed by atoms with E-state index in [-0.39, 0.29) is 35.7 Å². The van der Waals surface area contributed by atoms with Gasteiger partial charge in [-0.05, 0) is 42.0 Å². The van der Waals surface area contributed by atoms with Gasteiger partial charge >= 0.3 is 0 Å². The fraction of sp³-hybridized carbons (Fsp3) is 0.158. The third-order valence-corrected chi connectivity index (χ3v) is 4.48. The fourth-order valence-electron chi connectivity index (χ4n) is 2.74. The summed E-state index contributed by atoms with van der Waals surface area (Å²) in [5.74, 6) is -0.748. The summed E-state index contributed by atoms with van der Waals surface area (Å²) in [4.78, 5) is 38.9. The maximum absolute atomic E-state index is 12.5. The molecule has 3 rings (SSSR count). The number of amides is 2. The van der Waals surface area contributed by atoms with E-state index in [9.17, 15) is 14.4 Å². The standard InChI is InChI=1S/C19H18N4O3S/c20-17(25)13-5-3-4-12(10-13)11-21-16(24)8-9-23-18(26)14-6-1-2-7-15(14)22-19(23)27/h1-7,10H,8-9,11H2,(H2,20,25)(H,21,24)(H,22,27). The van der Waals surface area contributed by atoms with Crippen LogP contribution in [0.2, 0.25) is 0 Å². The molecule has 8 heteroatoms. The maximum atomic E-state index is 12.5. The first-order valence-electron chi connectivity index (χ1n) is 8.33. The number of nitrogens with zero attached hydrogens (tertiary/aromatic N) is 1. The first kappa shape index (κ1) is 18.5. The van der Waals surface area contributed by atoms with Crippen molar-refractivity contribution >= 4 is 34.9 Å². The molecule has 0 aliphatic rings. The molecule has 4 N–H and O–H groups in total. The van der Waals surface area contributed by atoms with Crippen molar-refractivity contribution in [1.82, 2.24) is 14.9 Å². The Morgan fingerprint density at radius 3 is 2.70 bits per heavy atom. The molecule has 1 aromatic heterocycles. The molecule has 0 aliphatic heterocycles. The molecule has 1 heterocycles. The summed E-state index contributed by atoms with van der Waals surface area (Å²) in [5.41, 5.74) is 6.84. The van der Waals surface area contributed by atoms with Crippen molar-refractivity contribution in [3.63, 3.8) is 0 Å². The molecule has 0 atom stereocenters. The molecular formula is C19H18N4O3S. The summed E-state index contributed by atoms with van der Waals surface area (Å²) >= 11 is 5.23. The van der Waals surface area contributed by atoms with E-state index in [2.05, 4.69) is 10.3 Å². The van der Waals surface area contributed by atoms with Crippen molar-refractivity contribution in [2.24, 2.45) is 5.73 Å². The zero-order chi connectivity index (χ0) is 19.4. The molecule has 2 aromatic carbocycles. The number of carbonyl (C=O) groups excluding carboxylic acids is 2. The molecule has 0 saturated heterocycles. The van der Waals surface area contributed by atoms with Gasteiger partial charge < -0.3 is 16.0 Å². The molecule has 0 bridgehead atoms. The lowest BCUT2D eigenvalue weighted by Crippen LogP contribution is -2.28. The Balaban J connectivity index is 1.65. The number of H-pyrrole nitrogens is 1. The highest BCUT2D eigenvalue weighted by Gasteiger charge is 2.08. The van der Waals surface area contributed by atoms with E-state index in [4.69, 9.17) is 18.0 Å². The van der Waals surface area contributed by atoms with Crippen molar-refractivity contribution in [2.75, 3.05) is 0 Å². The minimum atomic E-state index is -0.520. The van der Waals surface area contributed by atoms with Crippen LogP contribution in [0.5, 0.6) is 0 Å². The van der Waals surface area contributed by atoms with Crippen LogP contribution < -0.4 is 16.6 Å². The first-order valence-corrected chi connectivity index (χ1v) is 8.74. The Kier molecular flexibility index (Phi) is 5.46. The van der Waals surface area contributed by atoms with Crippen LogP contribution in [-0.4, -0.2) is 21.4 Å². The van der Waals surface area contributed by atoms with Gasteiger partial charge in [-0.15, -0.1) is 0 Å². The van der Waals surface area contributed by atoms with Crippen LogP contribution >= 0.6 is 12.2 Å². The van der Waals surface area contributed by atoms with E-state index in [0.29, 0.717) is 16.5 Å². The SMILES string of the molecule is NC(=O)c1cccc(CNC(=O)CCn2c(=S)[nH]c3ccccc3c2=O)c1. The van der Waals surface area contributed by atoms with Gasteiger partial charge in [-0.2, -0.15) is 0 Å². The van der Waals surface area contributed by atoms with Gasteiger partial charge in [0.15, 0.2) is 4.77 Å². The molecule has 0 saturated carbocycles. The molecule has 0 aliphatic carbocycles. The second kappa shape index (κ2) is 7.96. The zero-order valence-electron chi connectivity index (χ0n) is 14.4. The predicted molar refractivity (Wildman–Crippen MR) is 105 cm³/mol. The lowest BCUT2D eigenvalue weighted by molar-refractivity contribution is -0.121. The van der Waals surface area contributed by atoms with E-state index < -0.39 is 5.91 Å². The minimum Gasteiger partial charge on any atom is -0.366 e. The normalized spacial score (nSPS) is 10.7. The highest BCUT2D eigenvalue weighted by Crippen LogP contribution is 2.07. The smallest absolute Gasteiger partial charge is 0.262 e.